The van der Waals surface area contributed by atoms with Crippen LogP contribution in [0.4, 0.5) is 0 Å². The Morgan fingerprint density at radius 2 is 2.07 bits per heavy atom. The molecule has 0 aromatic rings. The third-order valence-corrected chi connectivity index (χ3v) is 4.27. The maximum absolute atomic E-state index is 12.6. The van der Waals surface area contributed by atoms with Crippen LogP contribution < -0.4 is 27.4 Å². The molecule has 0 bridgehead atoms. The molecule has 0 spiro atoms. The fourth-order valence-corrected chi connectivity index (χ4v) is 2.68. The summed E-state index contributed by atoms with van der Waals surface area (Å²) in [7, 11) is 1.63. The van der Waals surface area contributed by atoms with Crippen molar-refractivity contribution in [1.82, 2.24) is 20.9 Å². The summed E-state index contributed by atoms with van der Waals surface area (Å²) < 4.78 is 0. The maximum Gasteiger partial charge on any atom is 0.258 e. The fourth-order valence-electron chi connectivity index (χ4n) is 2.68. The number of aliphatic imine (C=N–C) groups is 1. The zero-order chi connectivity index (χ0) is 21.8. The third kappa shape index (κ3) is 9.19. The van der Waals surface area contributed by atoms with Gasteiger partial charge in [0.15, 0.2) is 12.1 Å². The lowest BCUT2D eigenvalue weighted by molar-refractivity contribution is -0.136. The van der Waals surface area contributed by atoms with Crippen LogP contribution in [0.15, 0.2) is 17.1 Å². The van der Waals surface area contributed by atoms with Crippen molar-refractivity contribution in [3.05, 3.63) is 12.2 Å². The van der Waals surface area contributed by atoms with Crippen molar-refractivity contribution < 1.29 is 19.2 Å². The van der Waals surface area contributed by atoms with E-state index < -0.39 is 24.2 Å². The van der Waals surface area contributed by atoms with E-state index >= 15 is 0 Å². The van der Waals surface area contributed by atoms with Gasteiger partial charge in [0.05, 0.1) is 6.04 Å². The largest absolute Gasteiger partial charge is 0.370 e. The number of hydrogen-bond donors (Lipinski definition) is 5. The van der Waals surface area contributed by atoms with Crippen molar-refractivity contribution in [3.63, 3.8) is 0 Å². The van der Waals surface area contributed by atoms with Crippen molar-refractivity contribution in [2.24, 2.45) is 16.5 Å². The summed E-state index contributed by atoms with van der Waals surface area (Å²) in [5.41, 5.74) is 10.5. The Hall–Kier alpha value is -2.95. The average molecular weight is 409 g/mol. The molecule has 0 saturated carbocycles. The lowest BCUT2D eigenvalue weighted by atomic mass is 10.1. The number of allylic oxidation sites excluding steroid dienone is 1. The molecular formula is C18H31N7O4. The van der Waals surface area contributed by atoms with Crippen molar-refractivity contribution in [1.29, 1.82) is 0 Å². The lowest BCUT2D eigenvalue weighted by Crippen LogP contribution is -2.60. The van der Waals surface area contributed by atoms with E-state index in [2.05, 4.69) is 20.9 Å². The summed E-state index contributed by atoms with van der Waals surface area (Å²) in [5.74, 6) is -1.26. The molecule has 0 aliphatic carbocycles. The topological polar surface area (TPSA) is 172 Å². The Balaban J connectivity index is 2.86. The van der Waals surface area contributed by atoms with E-state index in [1.807, 2.05) is 6.08 Å². The van der Waals surface area contributed by atoms with Crippen molar-refractivity contribution >= 4 is 30.0 Å². The highest BCUT2D eigenvalue weighted by molar-refractivity contribution is 5.92. The van der Waals surface area contributed by atoms with E-state index in [4.69, 9.17) is 11.5 Å². The van der Waals surface area contributed by atoms with Crippen LogP contribution in [0.5, 0.6) is 0 Å². The average Bonchev–Trinajstić information content (AvgIpc) is 2.67. The zero-order valence-electron chi connectivity index (χ0n) is 16.9. The van der Waals surface area contributed by atoms with Gasteiger partial charge in [-0.15, -0.1) is 0 Å². The first-order chi connectivity index (χ1) is 13.7. The molecule has 0 saturated heterocycles. The van der Waals surface area contributed by atoms with E-state index in [0.29, 0.717) is 38.6 Å². The molecule has 29 heavy (non-hydrogen) atoms. The Morgan fingerprint density at radius 1 is 1.34 bits per heavy atom. The number of carbonyl (C=O) groups is 4. The predicted molar refractivity (Wildman–Crippen MR) is 108 cm³/mol. The van der Waals surface area contributed by atoms with Crippen LogP contribution in [-0.2, 0) is 19.2 Å². The minimum atomic E-state index is -1.16. The fraction of sp³-hybridized carbons (Fsp3) is 0.611. The first-order valence-corrected chi connectivity index (χ1v) is 9.51. The van der Waals surface area contributed by atoms with Gasteiger partial charge in [-0.2, -0.15) is 0 Å². The molecule has 1 aliphatic rings. The van der Waals surface area contributed by atoms with Gasteiger partial charge >= 0.3 is 0 Å². The molecule has 1 rings (SSSR count). The van der Waals surface area contributed by atoms with Crippen molar-refractivity contribution in [3.8, 4) is 0 Å². The molecule has 7 N–H and O–H groups in total. The van der Waals surface area contributed by atoms with Crippen LogP contribution >= 0.6 is 0 Å². The SMILES string of the molecule is C[C@@H]1NC(=O)[C@H](N[C@@H](C=O)CCCN=C(N)N)NC(=O)CC/C=C/CN(C)C1=O. The number of guanidine groups is 1. The molecule has 0 fully saturated rings. The number of likely N-dealkylation sites (N-methyl/N-ethyl adjacent to an activating group) is 1. The van der Waals surface area contributed by atoms with Gasteiger partial charge in [-0.25, -0.2) is 0 Å². The molecule has 162 valence electrons. The van der Waals surface area contributed by atoms with Crippen LogP contribution in [0.1, 0.15) is 32.6 Å². The third-order valence-electron chi connectivity index (χ3n) is 4.27. The van der Waals surface area contributed by atoms with Gasteiger partial charge in [0.1, 0.15) is 12.3 Å². The van der Waals surface area contributed by atoms with Gasteiger partial charge in [0.25, 0.3) is 5.91 Å². The predicted octanol–water partition coefficient (Wildman–Crippen LogP) is -2.05. The molecule has 0 radical (unpaired) electrons. The Kier molecular flexibility index (Phi) is 10.4. The summed E-state index contributed by atoms with van der Waals surface area (Å²) in [6.07, 6.45) is 4.60. The van der Waals surface area contributed by atoms with Crippen LogP contribution in [0.2, 0.25) is 0 Å². The van der Waals surface area contributed by atoms with E-state index in [0.717, 1.165) is 0 Å². The second-order valence-electron chi connectivity index (χ2n) is 6.82. The molecule has 0 unspecified atom stereocenters. The number of hydrogen-bond acceptors (Lipinski definition) is 6. The molecule has 11 heteroatoms. The monoisotopic (exact) mass is 409 g/mol. The molecule has 11 nitrogen and oxygen atoms in total. The van der Waals surface area contributed by atoms with Gasteiger partial charge in [-0.05, 0) is 26.2 Å². The molecule has 0 aromatic heterocycles. The minimum Gasteiger partial charge on any atom is -0.370 e. The molecule has 3 atom stereocenters. The highest BCUT2D eigenvalue weighted by atomic mass is 16.2. The van der Waals surface area contributed by atoms with Crippen molar-refractivity contribution in [2.45, 2.75) is 50.9 Å². The normalized spacial score (nSPS) is 23.5. The summed E-state index contributed by atoms with van der Waals surface area (Å²) >= 11 is 0. The Bertz CT molecular complexity index is 646. The highest BCUT2D eigenvalue weighted by Gasteiger charge is 2.27. The van der Waals surface area contributed by atoms with Gasteiger partial charge in [-0.1, -0.05) is 12.2 Å². The zero-order valence-corrected chi connectivity index (χ0v) is 16.9. The smallest absolute Gasteiger partial charge is 0.258 e. The number of carbonyl (C=O) groups excluding carboxylic acids is 4. The molecule has 3 amide bonds. The summed E-state index contributed by atoms with van der Waals surface area (Å²) in [5, 5.41) is 7.98. The standard InChI is InChI=1S/C18H31N7O4/c1-12-17(29)25(2)10-5-3-4-8-14(27)24-15(16(28)22-12)23-13(11-26)7-6-9-21-18(19)20/h3,5,11-13,15,23H,4,6-10H2,1-2H3,(H,22,28)(H,24,27)(H4,19,20,21)/b5-3+/t12-,13+,15+/m0/s1. The van der Waals surface area contributed by atoms with E-state index in [1.54, 1.807) is 20.0 Å². The van der Waals surface area contributed by atoms with E-state index in [1.165, 1.54) is 4.90 Å². The quantitative estimate of drug-likeness (QED) is 0.106. The summed E-state index contributed by atoms with van der Waals surface area (Å²) in [6.45, 7) is 2.28. The van der Waals surface area contributed by atoms with Crippen LogP contribution in [0, 0.1) is 0 Å². The number of amides is 3. The second kappa shape index (κ2) is 12.5. The Morgan fingerprint density at radius 3 is 2.72 bits per heavy atom. The molecule has 0 aromatic carbocycles. The molecule has 1 heterocycles. The van der Waals surface area contributed by atoms with Crippen LogP contribution in [0.25, 0.3) is 0 Å². The number of nitrogens with two attached hydrogens (primary N) is 2. The Labute approximate surface area is 170 Å². The van der Waals surface area contributed by atoms with Gasteiger partial charge in [0, 0.05) is 26.6 Å². The number of nitrogens with zero attached hydrogens (tertiary/aromatic N) is 2. The molecule has 1 aliphatic heterocycles. The van der Waals surface area contributed by atoms with E-state index in [9.17, 15) is 19.2 Å². The van der Waals surface area contributed by atoms with Gasteiger partial charge < -0.3 is 31.8 Å². The van der Waals surface area contributed by atoms with E-state index in [-0.39, 0.29) is 24.2 Å². The van der Waals surface area contributed by atoms with Crippen LogP contribution in [-0.4, -0.2) is 73.3 Å². The summed E-state index contributed by atoms with van der Waals surface area (Å²) in [6, 6.07) is -1.50. The second-order valence-corrected chi connectivity index (χ2v) is 6.82. The maximum atomic E-state index is 12.6. The first kappa shape index (κ1) is 24.1. The van der Waals surface area contributed by atoms with Crippen LogP contribution in [0.3, 0.4) is 0 Å². The van der Waals surface area contributed by atoms with Gasteiger partial charge in [0.2, 0.25) is 11.8 Å². The number of aldehydes is 1. The van der Waals surface area contributed by atoms with Crippen molar-refractivity contribution in [2.75, 3.05) is 20.1 Å². The summed E-state index contributed by atoms with van der Waals surface area (Å²) in [4.78, 5) is 53.9. The lowest BCUT2D eigenvalue weighted by Gasteiger charge is -2.26. The first-order valence-electron chi connectivity index (χ1n) is 9.51. The van der Waals surface area contributed by atoms with Gasteiger partial charge in [-0.3, -0.25) is 24.7 Å². The minimum absolute atomic E-state index is 0.0415. The number of rotatable bonds is 7. The number of nitrogens with one attached hydrogen (secondary N) is 3. The molecular weight excluding hydrogens is 378 g/mol. The highest BCUT2D eigenvalue weighted by Crippen LogP contribution is 2.01.